The van der Waals surface area contributed by atoms with Crippen LogP contribution in [0.4, 0.5) is 10.1 Å². The van der Waals surface area contributed by atoms with Crippen LogP contribution < -0.4 is 4.72 Å². The minimum absolute atomic E-state index is 0.0325. The smallest absolute Gasteiger partial charge is 0.261 e. The quantitative estimate of drug-likeness (QED) is 0.736. The molecule has 2 aliphatic rings. The number of piperazine rings is 1. The largest absolute Gasteiger partial charge is 0.377 e. The molecule has 0 aromatic heterocycles. The predicted molar refractivity (Wildman–Crippen MR) is 115 cm³/mol. The Balaban J connectivity index is 1.32. The average Bonchev–Trinajstić information content (AvgIpc) is 3.27. The summed E-state index contributed by atoms with van der Waals surface area (Å²) < 4.78 is 46.0. The normalized spacial score (nSPS) is 20.0. The van der Waals surface area contributed by atoms with Crippen molar-refractivity contribution in [3.05, 3.63) is 59.9 Å². The van der Waals surface area contributed by atoms with Crippen LogP contribution in [0.2, 0.25) is 0 Å². The topological polar surface area (TPSA) is 79.0 Å². The number of amides is 1. The summed E-state index contributed by atoms with van der Waals surface area (Å²) in [5, 5.41) is 0. The molecular weight excluding hydrogens is 421 g/mol. The van der Waals surface area contributed by atoms with E-state index in [1.807, 2.05) is 4.90 Å². The standard InChI is InChI=1S/C22H26FN3O4S/c23-18-5-9-21(10-6-18)31(28,29)24-19-7-3-17(4-8-19)22(27)26-13-11-25(12-14-26)16-20-2-1-15-30-20/h3-10,20,24H,1-2,11-16H2. The molecule has 1 unspecified atom stereocenters. The van der Waals surface area contributed by atoms with Crippen LogP contribution >= 0.6 is 0 Å². The highest BCUT2D eigenvalue weighted by Crippen LogP contribution is 2.19. The summed E-state index contributed by atoms with van der Waals surface area (Å²) in [6.45, 7) is 4.72. The SMILES string of the molecule is O=C(c1ccc(NS(=O)(=O)c2ccc(F)cc2)cc1)N1CCN(CC2CCCO2)CC1. The van der Waals surface area contributed by atoms with Crippen molar-refractivity contribution < 1.29 is 22.3 Å². The van der Waals surface area contributed by atoms with E-state index in [1.165, 1.54) is 12.1 Å². The van der Waals surface area contributed by atoms with Crippen molar-refractivity contribution in [1.82, 2.24) is 9.80 Å². The van der Waals surface area contributed by atoms with Crippen LogP contribution in [0, 0.1) is 5.82 Å². The Bertz CT molecular complexity index is 998. The van der Waals surface area contributed by atoms with Crippen molar-refractivity contribution in [3.63, 3.8) is 0 Å². The first kappa shape index (κ1) is 21.7. The number of carbonyl (C=O) groups excluding carboxylic acids is 1. The number of hydrogen-bond donors (Lipinski definition) is 1. The molecule has 31 heavy (non-hydrogen) atoms. The molecular formula is C22H26FN3O4S. The van der Waals surface area contributed by atoms with Crippen LogP contribution in [0.3, 0.4) is 0 Å². The number of benzene rings is 2. The molecule has 0 spiro atoms. The number of rotatable bonds is 6. The molecule has 0 saturated carbocycles. The zero-order valence-electron chi connectivity index (χ0n) is 17.2. The fourth-order valence-electron chi connectivity index (χ4n) is 3.90. The number of nitrogens with one attached hydrogen (secondary N) is 1. The van der Waals surface area contributed by atoms with Gasteiger partial charge in [-0.1, -0.05) is 0 Å². The highest BCUT2D eigenvalue weighted by atomic mass is 32.2. The molecule has 0 aliphatic carbocycles. The molecule has 4 rings (SSSR count). The van der Waals surface area contributed by atoms with Gasteiger partial charge in [0.2, 0.25) is 0 Å². The highest BCUT2D eigenvalue weighted by molar-refractivity contribution is 7.92. The second kappa shape index (κ2) is 9.33. The van der Waals surface area contributed by atoms with Gasteiger partial charge in [0.1, 0.15) is 5.82 Å². The Morgan fingerprint density at radius 1 is 1.03 bits per heavy atom. The molecule has 1 amide bonds. The molecule has 1 N–H and O–H groups in total. The molecule has 0 bridgehead atoms. The van der Waals surface area contributed by atoms with Crippen molar-refractivity contribution in [3.8, 4) is 0 Å². The fraction of sp³-hybridized carbons (Fsp3) is 0.409. The Hall–Kier alpha value is -2.49. The van der Waals surface area contributed by atoms with E-state index in [4.69, 9.17) is 4.74 Å². The van der Waals surface area contributed by atoms with E-state index >= 15 is 0 Å². The summed E-state index contributed by atoms with van der Waals surface area (Å²) in [5.41, 5.74) is 0.847. The van der Waals surface area contributed by atoms with Gasteiger partial charge >= 0.3 is 0 Å². The second-order valence-corrected chi connectivity index (χ2v) is 9.55. The van der Waals surface area contributed by atoms with Crippen molar-refractivity contribution in [2.45, 2.75) is 23.8 Å². The summed E-state index contributed by atoms with van der Waals surface area (Å²) in [6.07, 6.45) is 2.55. The van der Waals surface area contributed by atoms with Gasteiger partial charge in [-0.25, -0.2) is 12.8 Å². The average molecular weight is 448 g/mol. The van der Waals surface area contributed by atoms with Crippen molar-refractivity contribution in [1.29, 1.82) is 0 Å². The van der Waals surface area contributed by atoms with Gasteiger partial charge < -0.3 is 9.64 Å². The minimum Gasteiger partial charge on any atom is -0.377 e. The van der Waals surface area contributed by atoms with Gasteiger partial charge in [-0.15, -0.1) is 0 Å². The molecule has 2 fully saturated rings. The van der Waals surface area contributed by atoms with Gasteiger partial charge in [0.15, 0.2) is 0 Å². The maximum Gasteiger partial charge on any atom is 0.261 e. The molecule has 2 aromatic rings. The monoisotopic (exact) mass is 447 g/mol. The van der Waals surface area contributed by atoms with E-state index in [9.17, 15) is 17.6 Å². The minimum atomic E-state index is -3.83. The van der Waals surface area contributed by atoms with Crippen LogP contribution in [0.1, 0.15) is 23.2 Å². The number of ether oxygens (including phenoxy) is 1. The summed E-state index contributed by atoms with van der Waals surface area (Å²) in [5.74, 6) is -0.570. The Morgan fingerprint density at radius 3 is 2.32 bits per heavy atom. The van der Waals surface area contributed by atoms with Gasteiger partial charge in [0.25, 0.3) is 15.9 Å². The van der Waals surface area contributed by atoms with Gasteiger partial charge in [0, 0.05) is 50.6 Å². The maximum absolute atomic E-state index is 13.0. The third-order valence-corrected chi connectivity index (χ3v) is 7.05. The molecule has 9 heteroatoms. The van der Waals surface area contributed by atoms with Gasteiger partial charge in [-0.3, -0.25) is 14.4 Å². The van der Waals surface area contributed by atoms with Crippen LogP contribution in [0.25, 0.3) is 0 Å². The molecule has 2 aliphatic heterocycles. The van der Waals surface area contributed by atoms with E-state index < -0.39 is 15.8 Å². The van der Waals surface area contributed by atoms with E-state index in [2.05, 4.69) is 9.62 Å². The molecule has 2 saturated heterocycles. The zero-order chi connectivity index (χ0) is 21.8. The number of anilines is 1. The van der Waals surface area contributed by atoms with Gasteiger partial charge in [-0.2, -0.15) is 0 Å². The number of hydrogen-bond acceptors (Lipinski definition) is 5. The lowest BCUT2D eigenvalue weighted by Crippen LogP contribution is -2.50. The van der Waals surface area contributed by atoms with E-state index in [-0.39, 0.29) is 10.8 Å². The fourth-order valence-corrected chi connectivity index (χ4v) is 4.96. The van der Waals surface area contributed by atoms with E-state index in [0.717, 1.165) is 51.2 Å². The Labute approximate surface area is 181 Å². The Kier molecular flexibility index (Phi) is 6.54. The molecule has 166 valence electrons. The summed E-state index contributed by atoms with van der Waals surface area (Å²) in [6, 6.07) is 10.9. The van der Waals surface area contributed by atoms with E-state index in [1.54, 1.807) is 24.3 Å². The van der Waals surface area contributed by atoms with E-state index in [0.29, 0.717) is 30.4 Å². The summed E-state index contributed by atoms with van der Waals surface area (Å²) in [4.78, 5) is 16.9. The van der Waals surface area contributed by atoms with Gasteiger partial charge in [0.05, 0.1) is 11.0 Å². The molecule has 2 aromatic carbocycles. The van der Waals surface area contributed by atoms with Crippen molar-refractivity contribution in [2.75, 3.05) is 44.1 Å². The summed E-state index contributed by atoms with van der Waals surface area (Å²) in [7, 11) is -3.83. The number of nitrogens with zero attached hydrogens (tertiary/aromatic N) is 2. The summed E-state index contributed by atoms with van der Waals surface area (Å²) >= 11 is 0. The third kappa shape index (κ3) is 5.41. The maximum atomic E-state index is 13.0. The van der Waals surface area contributed by atoms with Gasteiger partial charge in [-0.05, 0) is 61.4 Å². The first-order valence-corrected chi connectivity index (χ1v) is 11.9. The lowest BCUT2D eigenvalue weighted by atomic mass is 10.1. The first-order valence-electron chi connectivity index (χ1n) is 10.4. The number of carbonyl (C=O) groups is 1. The Morgan fingerprint density at radius 2 is 1.71 bits per heavy atom. The zero-order valence-corrected chi connectivity index (χ0v) is 18.0. The molecule has 0 radical (unpaired) electrons. The lowest BCUT2D eigenvalue weighted by molar-refractivity contribution is 0.0433. The van der Waals surface area contributed by atoms with Crippen LogP contribution in [-0.2, 0) is 14.8 Å². The molecule has 1 atom stereocenters. The number of sulfonamides is 1. The predicted octanol–water partition coefficient (Wildman–Crippen LogP) is 2.56. The third-order valence-electron chi connectivity index (χ3n) is 5.65. The molecule has 7 nitrogen and oxygen atoms in total. The van der Waals surface area contributed by atoms with Crippen LogP contribution in [0.15, 0.2) is 53.4 Å². The lowest BCUT2D eigenvalue weighted by Gasteiger charge is -2.35. The first-order chi connectivity index (χ1) is 14.9. The molecule has 2 heterocycles. The number of halogens is 1. The van der Waals surface area contributed by atoms with Crippen LogP contribution in [-0.4, -0.2) is 69.6 Å². The van der Waals surface area contributed by atoms with Crippen molar-refractivity contribution >= 4 is 21.6 Å². The van der Waals surface area contributed by atoms with Crippen molar-refractivity contribution in [2.24, 2.45) is 0 Å². The highest BCUT2D eigenvalue weighted by Gasteiger charge is 2.25. The van der Waals surface area contributed by atoms with Crippen LogP contribution in [0.5, 0.6) is 0 Å². The second-order valence-electron chi connectivity index (χ2n) is 7.86.